The van der Waals surface area contributed by atoms with Crippen LogP contribution in [0.3, 0.4) is 0 Å². The molecule has 3 aromatic rings. The largest absolute Gasteiger partial charge is 0.376 e. The van der Waals surface area contributed by atoms with Gasteiger partial charge in [0.15, 0.2) is 11.5 Å². The Morgan fingerprint density at radius 1 is 1.33 bits per heavy atom. The Labute approximate surface area is 139 Å². The average Bonchev–Trinajstić information content (AvgIpc) is 3.02. The first-order valence-corrected chi connectivity index (χ1v) is 7.75. The number of hydrogen-bond acceptors (Lipinski definition) is 5. The first kappa shape index (κ1) is 15.9. The summed E-state index contributed by atoms with van der Waals surface area (Å²) >= 11 is 0. The molecule has 7 nitrogen and oxygen atoms in total. The summed E-state index contributed by atoms with van der Waals surface area (Å²) in [6, 6.07) is 10.7. The van der Waals surface area contributed by atoms with Gasteiger partial charge in [-0.2, -0.15) is 0 Å². The zero-order chi connectivity index (χ0) is 17.1. The van der Waals surface area contributed by atoms with Crippen molar-refractivity contribution in [2.45, 2.75) is 13.3 Å². The van der Waals surface area contributed by atoms with Gasteiger partial charge in [0.2, 0.25) is 5.91 Å². The third-order valence-electron chi connectivity index (χ3n) is 3.78. The lowest BCUT2D eigenvalue weighted by molar-refractivity contribution is 0.100. The second-order valence-electron chi connectivity index (χ2n) is 5.45. The summed E-state index contributed by atoms with van der Waals surface area (Å²) in [7, 11) is 0. The van der Waals surface area contributed by atoms with Crippen LogP contribution in [0.1, 0.15) is 23.7 Å². The van der Waals surface area contributed by atoms with E-state index in [1.165, 1.54) is 0 Å². The highest BCUT2D eigenvalue weighted by molar-refractivity contribution is 5.94. The molecule has 2 aromatic heterocycles. The molecule has 0 atom stereocenters. The summed E-state index contributed by atoms with van der Waals surface area (Å²) < 4.78 is 1.70. The Morgan fingerprint density at radius 2 is 2.17 bits per heavy atom. The summed E-state index contributed by atoms with van der Waals surface area (Å²) in [4.78, 5) is 17.5. The van der Waals surface area contributed by atoms with Gasteiger partial charge >= 0.3 is 0 Å². The number of carbonyl (C=O) groups excluding carboxylic acids is 1. The number of imidazole rings is 1. The zero-order valence-corrected chi connectivity index (χ0v) is 13.4. The minimum Gasteiger partial charge on any atom is -0.376 e. The Bertz CT molecular complexity index is 874. The quantitative estimate of drug-likeness (QED) is 0.672. The van der Waals surface area contributed by atoms with Crippen LogP contribution in [0.5, 0.6) is 0 Å². The smallest absolute Gasteiger partial charge is 0.248 e. The standard InChI is InChI=1S/C17H19N5O2/c1-2-8-21(11-23)16-7-6-15-19-10-14(22(15)20-16)12-4-3-5-13(9-12)17(18)24/h3-7,9-10,23H,2,8,11H2,1H3,(H2,18,24). The van der Waals surface area contributed by atoms with Gasteiger partial charge in [0.25, 0.3) is 0 Å². The van der Waals surface area contributed by atoms with Crippen LogP contribution in [-0.4, -0.2) is 38.9 Å². The van der Waals surface area contributed by atoms with Crippen molar-refractivity contribution in [2.24, 2.45) is 5.73 Å². The molecule has 0 radical (unpaired) electrons. The molecule has 0 unspecified atom stereocenters. The lowest BCUT2D eigenvalue weighted by atomic mass is 10.1. The van der Waals surface area contributed by atoms with E-state index in [9.17, 15) is 9.90 Å². The highest BCUT2D eigenvalue weighted by Crippen LogP contribution is 2.22. The second kappa shape index (κ2) is 6.67. The van der Waals surface area contributed by atoms with Crippen LogP contribution < -0.4 is 10.6 Å². The average molecular weight is 325 g/mol. The van der Waals surface area contributed by atoms with Gasteiger partial charge in [-0.25, -0.2) is 9.50 Å². The SMILES string of the molecule is CCCN(CO)c1ccc2ncc(-c3cccc(C(N)=O)c3)n2n1. The van der Waals surface area contributed by atoms with Crippen LogP contribution in [0.25, 0.3) is 16.9 Å². The van der Waals surface area contributed by atoms with Gasteiger partial charge in [-0.15, -0.1) is 5.10 Å². The molecule has 0 saturated carbocycles. The fraction of sp³-hybridized carbons (Fsp3) is 0.235. The summed E-state index contributed by atoms with van der Waals surface area (Å²) in [5.41, 5.74) is 8.03. The number of fused-ring (bicyclic) bond motifs is 1. The van der Waals surface area contributed by atoms with Crippen molar-refractivity contribution in [3.8, 4) is 11.3 Å². The van der Waals surface area contributed by atoms with E-state index in [4.69, 9.17) is 5.73 Å². The number of anilines is 1. The Hall–Kier alpha value is -2.93. The first-order valence-electron chi connectivity index (χ1n) is 7.75. The predicted octanol–water partition coefficient (Wildman–Crippen LogP) is 1.66. The van der Waals surface area contributed by atoms with Crippen molar-refractivity contribution in [1.82, 2.24) is 14.6 Å². The van der Waals surface area contributed by atoms with Gasteiger partial charge in [0.05, 0.1) is 11.9 Å². The van der Waals surface area contributed by atoms with Crippen LogP contribution in [0, 0.1) is 0 Å². The monoisotopic (exact) mass is 325 g/mol. The molecule has 1 amide bonds. The van der Waals surface area contributed by atoms with Crippen LogP contribution in [-0.2, 0) is 0 Å². The molecule has 7 heteroatoms. The number of rotatable bonds is 6. The van der Waals surface area contributed by atoms with Crippen molar-refractivity contribution in [3.05, 3.63) is 48.2 Å². The predicted molar refractivity (Wildman–Crippen MR) is 91.7 cm³/mol. The molecule has 0 spiro atoms. The molecule has 1 aromatic carbocycles. The normalized spacial score (nSPS) is 10.9. The molecule has 0 aliphatic carbocycles. The molecular formula is C17H19N5O2. The van der Waals surface area contributed by atoms with Crippen molar-refractivity contribution >= 4 is 17.4 Å². The summed E-state index contributed by atoms with van der Waals surface area (Å²) in [5.74, 6) is 0.186. The minimum absolute atomic E-state index is 0.104. The number of hydrogen-bond donors (Lipinski definition) is 2. The number of nitrogens with zero attached hydrogens (tertiary/aromatic N) is 4. The Morgan fingerprint density at radius 3 is 2.88 bits per heavy atom. The number of carbonyl (C=O) groups is 1. The fourth-order valence-corrected chi connectivity index (χ4v) is 2.59. The molecule has 24 heavy (non-hydrogen) atoms. The lowest BCUT2D eigenvalue weighted by Gasteiger charge is -2.20. The third-order valence-corrected chi connectivity index (χ3v) is 3.78. The number of aliphatic hydroxyl groups excluding tert-OH is 1. The molecule has 0 saturated heterocycles. The van der Waals surface area contributed by atoms with Crippen molar-refractivity contribution in [2.75, 3.05) is 18.2 Å². The first-order chi connectivity index (χ1) is 11.6. The van der Waals surface area contributed by atoms with Crippen LogP contribution in [0.15, 0.2) is 42.6 Å². The van der Waals surface area contributed by atoms with Crippen molar-refractivity contribution in [3.63, 3.8) is 0 Å². The summed E-state index contributed by atoms with van der Waals surface area (Å²) in [5, 5.41) is 14.1. The van der Waals surface area contributed by atoms with Crippen LogP contribution in [0.2, 0.25) is 0 Å². The highest BCUT2D eigenvalue weighted by Gasteiger charge is 2.12. The van der Waals surface area contributed by atoms with E-state index < -0.39 is 5.91 Å². The molecule has 2 heterocycles. The lowest BCUT2D eigenvalue weighted by Crippen LogP contribution is -2.26. The van der Waals surface area contributed by atoms with Crippen molar-refractivity contribution < 1.29 is 9.90 Å². The van der Waals surface area contributed by atoms with E-state index in [0.29, 0.717) is 23.6 Å². The molecule has 0 aliphatic rings. The number of nitrogens with two attached hydrogens (primary N) is 1. The fourth-order valence-electron chi connectivity index (χ4n) is 2.59. The maximum Gasteiger partial charge on any atom is 0.248 e. The number of aromatic nitrogens is 3. The van der Waals surface area contributed by atoms with Gasteiger partial charge in [0, 0.05) is 17.7 Å². The zero-order valence-electron chi connectivity index (χ0n) is 13.4. The van der Waals surface area contributed by atoms with E-state index in [1.54, 1.807) is 33.8 Å². The van der Waals surface area contributed by atoms with E-state index in [-0.39, 0.29) is 6.73 Å². The maximum absolute atomic E-state index is 11.4. The molecule has 124 valence electrons. The number of aliphatic hydroxyl groups is 1. The van der Waals surface area contributed by atoms with Crippen molar-refractivity contribution in [1.29, 1.82) is 0 Å². The Balaban J connectivity index is 2.09. The van der Waals surface area contributed by atoms with Gasteiger partial charge in [-0.1, -0.05) is 19.1 Å². The van der Waals surface area contributed by atoms with Crippen LogP contribution >= 0.6 is 0 Å². The van der Waals surface area contributed by atoms with E-state index >= 15 is 0 Å². The van der Waals surface area contributed by atoms with Gasteiger partial charge in [-0.05, 0) is 30.7 Å². The molecular weight excluding hydrogens is 306 g/mol. The number of primary amides is 1. The summed E-state index contributed by atoms with van der Waals surface area (Å²) in [6.07, 6.45) is 2.60. The molecule has 0 bridgehead atoms. The molecule has 0 aliphatic heterocycles. The third kappa shape index (κ3) is 2.93. The van der Waals surface area contributed by atoms with E-state index in [0.717, 1.165) is 17.7 Å². The highest BCUT2D eigenvalue weighted by atomic mass is 16.3. The molecule has 0 fully saturated rings. The Kier molecular flexibility index (Phi) is 4.43. The topological polar surface area (TPSA) is 96.7 Å². The van der Waals surface area contributed by atoms with Gasteiger partial charge in [0.1, 0.15) is 6.73 Å². The minimum atomic E-state index is -0.478. The van der Waals surface area contributed by atoms with Gasteiger partial charge < -0.3 is 15.7 Å². The van der Waals surface area contributed by atoms with E-state index in [1.807, 2.05) is 25.1 Å². The van der Waals surface area contributed by atoms with Crippen LogP contribution in [0.4, 0.5) is 5.82 Å². The second-order valence-corrected chi connectivity index (χ2v) is 5.45. The van der Waals surface area contributed by atoms with E-state index in [2.05, 4.69) is 10.1 Å². The van der Waals surface area contributed by atoms with Gasteiger partial charge in [-0.3, -0.25) is 4.79 Å². The summed E-state index contributed by atoms with van der Waals surface area (Å²) in [6.45, 7) is 2.64. The number of amides is 1. The molecule has 3 N–H and O–H groups in total. The molecule has 3 rings (SSSR count). The number of benzene rings is 1. The maximum atomic E-state index is 11.4.